The number of nitrogens with zero attached hydrogens (tertiary/aromatic N) is 3. The smallest absolute Gasteiger partial charge is 0.491 e. The normalized spacial score (nSPS) is 11.5. The number of anilines is 2. The lowest BCUT2D eigenvalue weighted by atomic mass is 10.2. The number of benzene rings is 2. The third kappa shape index (κ3) is 4.07. The lowest BCUT2D eigenvalue weighted by molar-refractivity contribution is -0.189. The summed E-state index contributed by atoms with van der Waals surface area (Å²) in [6, 6.07) is 7.08. The Hall–Kier alpha value is -4.42. The summed E-state index contributed by atoms with van der Waals surface area (Å²) in [4.78, 5) is 38.7. The maximum absolute atomic E-state index is 12.6. The summed E-state index contributed by atoms with van der Waals surface area (Å²) in [6.07, 6.45) is -5.28. The molecule has 0 aliphatic rings. The van der Waals surface area contributed by atoms with Crippen molar-refractivity contribution >= 4 is 39.7 Å². The van der Waals surface area contributed by atoms with Crippen molar-refractivity contribution in [1.82, 2.24) is 19.9 Å². The highest BCUT2D eigenvalue weighted by Crippen LogP contribution is 2.31. The molecular weight excluding hydrogens is 447 g/mol. The number of alkyl halides is 3. The van der Waals surface area contributed by atoms with E-state index in [0.29, 0.717) is 17.0 Å². The molecule has 3 N–H and O–H groups in total. The van der Waals surface area contributed by atoms with E-state index in [0.717, 1.165) is 17.5 Å². The van der Waals surface area contributed by atoms with Gasteiger partial charge in [0.25, 0.3) is 5.56 Å². The maximum Gasteiger partial charge on any atom is 0.491 e. The van der Waals surface area contributed by atoms with Crippen molar-refractivity contribution in [3.63, 3.8) is 0 Å². The molecule has 0 radical (unpaired) electrons. The Balaban J connectivity index is 1.78. The number of ether oxygens (including phenoxy) is 2. The van der Waals surface area contributed by atoms with Gasteiger partial charge in [0.05, 0.1) is 12.8 Å². The van der Waals surface area contributed by atoms with Crippen LogP contribution >= 0.6 is 0 Å². The molecule has 0 amide bonds. The minimum atomic E-state index is -5.28. The lowest BCUT2D eigenvalue weighted by Crippen LogP contribution is -2.28. The average Bonchev–Trinajstić information content (AvgIpc) is 2.74. The molecular formula is C20H14F3N5O5. The van der Waals surface area contributed by atoms with Crippen LogP contribution in [0.2, 0.25) is 0 Å². The summed E-state index contributed by atoms with van der Waals surface area (Å²) >= 11 is 0. The number of fused-ring (bicyclic) bond motifs is 2. The van der Waals surface area contributed by atoms with Crippen molar-refractivity contribution in [2.45, 2.75) is 13.1 Å². The van der Waals surface area contributed by atoms with E-state index in [-0.39, 0.29) is 11.9 Å². The molecule has 0 fully saturated rings. The van der Waals surface area contributed by atoms with Gasteiger partial charge in [-0.2, -0.15) is 13.2 Å². The molecule has 0 saturated heterocycles. The lowest BCUT2D eigenvalue weighted by Gasteiger charge is -2.12. The van der Waals surface area contributed by atoms with Gasteiger partial charge in [-0.15, -0.1) is 0 Å². The van der Waals surface area contributed by atoms with Crippen LogP contribution in [0.25, 0.3) is 21.8 Å². The Morgan fingerprint density at radius 2 is 1.85 bits per heavy atom. The fourth-order valence-electron chi connectivity index (χ4n) is 3.11. The van der Waals surface area contributed by atoms with E-state index in [9.17, 15) is 27.9 Å². The van der Waals surface area contributed by atoms with Gasteiger partial charge < -0.3 is 14.6 Å². The van der Waals surface area contributed by atoms with Gasteiger partial charge in [-0.1, -0.05) is 12.1 Å². The van der Waals surface area contributed by atoms with Crippen molar-refractivity contribution in [2.24, 2.45) is 0 Å². The number of halogens is 3. The van der Waals surface area contributed by atoms with E-state index in [1.54, 1.807) is 25.1 Å². The molecule has 0 aliphatic heterocycles. The number of aryl methyl sites for hydroxylation is 1. The summed E-state index contributed by atoms with van der Waals surface area (Å²) in [5.41, 5.74) is -0.293. The number of aromatic hydroxyl groups is 1. The van der Waals surface area contributed by atoms with Crippen LogP contribution in [0.1, 0.15) is 5.69 Å². The first-order valence-corrected chi connectivity index (χ1v) is 9.22. The number of aromatic nitrogens is 4. The van der Waals surface area contributed by atoms with E-state index in [4.69, 9.17) is 4.74 Å². The van der Waals surface area contributed by atoms with E-state index in [1.807, 2.05) is 0 Å². The van der Waals surface area contributed by atoms with Gasteiger partial charge in [-0.25, -0.2) is 19.7 Å². The van der Waals surface area contributed by atoms with Gasteiger partial charge in [-0.05, 0) is 25.1 Å². The molecule has 33 heavy (non-hydrogen) atoms. The van der Waals surface area contributed by atoms with E-state index < -0.39 is 40.1 Å². The molecule has 4 rings (SSSR count). The van der Waals surface area contributed by atoms with Crippen LogP contribution in [0.5, 0.6) is 17.2 Å². The number of hydrogen-bond acceptors (Lipinski definition) is 9. The number of methoxy groups -OCH3 is 1. The maximum atomic E-state index is 12.6. The highest BCUT2D eigenvalue weighted by Gasteiger charge is 2.41. The van der Waals surface area contributed by atoms with Crippen molar-refractivity contribution in [2.75, 3.05) is 12.4 Å². The number of para-hydroxylation sites is 1. The van der Waals surface area contributed by atoms with Gasteiger partial charge in [-0.3, -0.25) is 15.1 Å². The zero-order valence-electron chi connectivity index (χ0n) is 16.9. The van der Waals surface area contributed by atoms with Crippen LogP contribution in [0.15, 0.2) is 35.1 Å². The highest BCUT2D eigenvalue weighted by atomic mass is 19.4. The first kappa shape index (κ1) is 21.8. The van der Waals surface area contributed by atoms with E-state index in [2.05, 4.69) is 30.0 Å². The Morgan fingerprint density at radius 1 is 1.09 bits per heavy atom. The number of aromatic amines is 1. The summed E-state index contributed by atoms with van der Waals surface area (Å²) in [5, 5.41) is 13.0. The second-order valence-corrected chi connectivity index (χ2v) is 6.72. The SMILES string of the molecule is COc1cccc2c(C)nc(Nc3nc4c(O)ccc(OC(=O)C(F)(F)F)c4c(=O)[nH]3)nc12. The van der Waals surface area contributed by atoms with Crippen LogP contribution < -0.4 is 20.3 Å². The topological polar surface area (TPSA) is 139 Å². The summed E-state index contributed by atoms with van der Waals surface area (Å²) in [7, 11) is 1.48. The number of carbonyl (C=O) groups excluding carboxylic acids is 1. The van der Waals surface area contributed by atoms with E-state index >= 15 is 0 Å². The second-order valence-electron chi connectivity index (χ2n) is 6.72. The quantitative estimate of drug-likeness (QED) is 0.309. The van der Waals surface area contributed by atoms with E-state index in [1.165, 1.54) is 7.11 Å². The molecule has 13 heteroatoms. The van der Waals surface area contributed by atoms with Crippen LogP contribution in [-0.2, 0) is 4.79 Å². The van der Waals surface area contributed by atoms with Gasteiger partial charge in [0.15, 0.2) is 0 Å². The Labute approximate surface area is 182 Å². The number of hydrogen-bond donors (Lipinski definition) is 3. The number of carbonyl (C=O) groups is 1. The van der Waals surface area contributed by atoms with Gasteiger partial charge in [0.1, 0.15) is 33.7 Å². The van der Waals surface area contributed by atoms with Crippen LogP contribution in [-0.4, -0.2) is 44.3 Å². The van der Waals surface area contributed by atoms with Gasteiger partial charge >= 0.3 is 12.1 Å². The highest BCUT2D eigenvalue weighted by molar-refractivity contribution is 5.92. The third-order valence-corrected chi connectivity index (χ3v) is 4.57. The monoisotopic (exact) mass is 461 g/mol. The number of rotatable bonds is 4. The number of H-pyrrole nitrogens is 1. The molecule has 0 spiro atoms. The van der Waals surface area contributed by atoms with Crippen LogP contribution in [0.4, 0.5) is 25.1 Å². The number of phenolic OH excluding ortho intramolecular Hbond substituents is 1. The van der Waals surface area contributed by atoms with Crippen molar-refractivity contribution < 1.29 is 32.5 Å². The zero-order valence-corrected chi connectivity index (χ0v) is 16.9. The van der Waals surface area contributed by atoms with Crippen molar-refractivity contribution in [1.29, 1.82) is 0 Å². The van der Waals surface area contributed by atoms with Crippen molar-refractivity contribution in [3.8, 4) is 17.2 Å². The second kappa shape index (κ2) is 7.93. The van der Waals surface area contributed by atoms with Crippen LogP contribution in [0.3, 0.4) is 0 Å². The predicted molar refractivity (Wildman–Crippen MR) is 110 cm³/mol. The molecule has 0 unspecified atom stereocenters. The molecule has 2 aromatic heterocycles. The average molecular weight is 461 g/mol. The van der Waals surface area contributed by atoms with Crippen molar-refractivity contribution in [3.05, 3.63) is 46.4 Å². The zero-order chi connectivity index (χ0) is 23.9. The minimum absolute atomic E-state index is 0.0335. The molecule has 10 nitrogen and oxygen atoms in total. The first-order valence-electron chi connectivity index (χ1n) is 9.22. The third-order valence-electron chi connectivity index (χ3n) is 4.57. The first-order chi connectivity index (χ1) is 15.6. The predicted octanol–water partition coefficient (Wildman–Crippen LogP) is 3.10. The summed E-state index contributed by atoms with van der Waals surface area (Å²) < 4.78 is 47.3. The molecule has 0 saturated carbocycles. The molecule has 0 aliphatic carbocycles. The fourth-order valence-corrected chi connectivity index (χ4v) is 3.11. The summed E-state index contributed by atoms with van der Waals surface area (Å²) in [5.74, 6) is -3.46. The number of nitrogens with one attached hydrogen (secondary N) is 2. The summed E-state index contributed by atoms with van der Waals surface area (Å²) in [6.45, 7) is 1.73. The standard InChI is InChI=1S/C20H14F3N5O5/c1-8-9-4-3-5-12(32-2)14(9)25-18(24-8)28-19-26-15-10(29)6-7-11(13(15)16(30)27-19)33-17(31)20(21,22)23/h3-7,29H,1-2H3,(H2,24,25,26,27,28,30). The van der Waals surface area contributed by atoms with Gasteiger partial charge in [0, 0.05) is 5.39 Å². The molecule has 0 atom stereocenters. The fraction of sp³-hybridized carbons (Fsp3) is 0.150. The molecule has 2 aromatic carbocycles. The minimum Gasteiger partial charge on any atom is -0.506 e. The largest absolute Gasteiger partial charge is 0.506 e. The molecule has 2 heterocycles. The van der Waals surface area contributed by atoms with Crippen LogP contribution in [0, 0.1) is 6.92 Å². The number of esters is 1. The Morgan fingerprint density at radius 3 is 2.55 bits per heavy atom. The van der Waals surface area contributed by atoms with Gasteiger partial charge in [0.2, 0.25) is 11.9 Å². The number of phenols is 1. The Bertz CT molecular complexity index is 1470. The molecule has 170 valence electrons. The molecule has 4 aromatic rings. The Kier molecular flexibility index (Phi) is 5.24. The molecule has 0 bridgehead atoms.